The van der Waals surface area contributed by atoms with Gasteiger partial charge < -0.3 is 9.84 Å². The molecule has 0 rings (SSSR count). The van der Waals surface area contributed by atoms with Gasteiger partial charge in [-0.2, -0.15) is 0 Å². The number of unbranched alkanes of at least 4 members (excludes halogenated alkanes) is 1. The van der Waals surface area contributed by atoms with Gasteiger partial charge in [0.25, 0.3) is 0 Å². The summed E-state index contributed by atoms with van der Waals surface area (Å²) in [7, 11) is 0. The van der Waals surface area contributed by atoms with Crippen LogP contribution in [-0.4, -0.2) is 23.8 Å². The molecule has 76 valence electrons. The van der Waals surface area contributed by atoms with Crippen molar-refractivity contribution in [2.24, 2.45) is 0 Å². The van der Waals surface area contributed by atoms with Crippen molar-refractivity contribution in [3.63, 3.8) is 0 Å². The third-order valence-electron chi connectivity index (χ3n) is 1.69. The van der Waals surface area contributed by atoms with E-state index >= 15 is 0 Å². The molecule has 0 aromatic carbocycles. The molecule has 0 aliphatic rings. The first kappa shape index (κ1) is 12.2. The summed E-state index contributed by atoms with van der Waals surface area (Å²) < 4.78 is 5.43. The zero-order valence-electron chi connectivity index (χ0n) is 8.32. The van der Waals surface area contributed by atoms with Crippen LogP contribution in [0.1, 0.15) is 33.1 Å². The van der Waals surface area contributed by atoms with Crippen molar-refractivity contribution in [3.8, 4) is 0 Å². The smallest absolute Gasteiger partial charge is 0.328 e. The summed E-state index contributed by atoms with van der Waals surface area (Å²) in [6, 6.07) is 0. The van der Waals surface area contributed by atoms with E-state index in [9.17, 15) is 4.79 Å². The Balaban J connectivity index is 3.69. The second kappa shape index (κ2) is 7.80. The summed E-state index contributed by atoms with van der Waals surface area (Å²) in [4.78, 5) is 10.2. The molecule has 13 heavy (non-hydrogen) atoms. The number of carbonyl (C=O) groups is 1. The third kappa shape index (κ3) is 7.53. The highest BCUT2D eigenvalue weighted by Crippen LogP contribution is 2.01. The van der Waals surface area contributed by atoms with Crippen LogP contribution in [0.25, 0.3) is 0 Å². The molecule has 0 bridgehead atoms. The fourth-order valence-electron chi connectivity index (χ4n) is 0.878. The van der Waals surface area contributed by atoms with Crippen molar-refractivity contribution in [1.82, 2.24) is 0 Å². The SMILES string of the molecule is CCCCOC(C=CC(=O)O)CC. The Morgan fingerprint density at radius 2 is 2.23 bits per heavy atom. The van der Waals surface area contributed by atoms with Gasteiger partial charge in [-0.1, -0.05) is 20.3 Å². The highest BCUT2D eigenvalue weighted by molar-refractivity contribution is 5.79. The van der Waals surface area contributed by atoms with Crippen LogP contribution in [0.4, 0.5) is 0 Å². The second-order valence-electron chi connectivity index (χ2n) is 2.87. The first-order chi connectivity index (χ1) is 6.20. The van der Waals surface area contributed by atoms with Crippen molar-refractivity contribution >= 4 is 5.97 Å². The molecule has 1 unspecified atom stereocenters. The molecule has 0 aliphatic carbocycles. The lowest BCUT2D eigenvalue weighted by atomic mass is 10.2. The van der Waals surface area contributed by atoms with Crippen LogP contribution in [0.2, 0.25) is 0 Å². The average Bonchev–Trinajstić information content (AvgIpc) is 2.10. The number of carboxylic acid groups (broad SMARTS) is 1. The van der Waals surface area contributed by atoms with E-state index in [2.05, 4.69) is 6.92 Å². The lowest BCUT2D eigenvalue weighted by Gasteiger charge is -2.10. The zero-order chi connectivity index (χ0) is 10.1. The highest BCUT2D eigenvalue weighted by Gasteiger charge is 2.01. The summed E-state index contributed by atoms with van der Waals surface area (Å²) in [5.74, 6) is -0.919. The van der Waals surface area contributed by atoms with Crippen molar-refractivity contribution in [1.29, 1.82) is 0 Å². The molecule has 0 radical (unpaired) electrons. The van der Waals surface area contributed by atoms with Gasteiger partial charge in [-0.05, 0) is 18.9 Å². The van der Waals surface area contributed by atoms with Crippen LogP contribution < -0.4 is 0 Å². The first-order valence-electron chi connectivity index (χ1n) is 4.73. The largest absolute Gasteiger partial charge is 0.478 e. The molecule has 0 aromatic rings. The highest BCUT2D eigenvalue weighted by atomic mass is 16.5. The van der Waals surface area contributed by atoms with E-state index in [1.807, 2.05) is 6.92 Å². The molecule has 0 heterocycles. The Morgan fingerprint density at radius 3 is 2.69 bits per heavy atom. The third-order valence-corrected chi connectivity index (χ3v) is 1.69. The number of ether oxygens (including phenoxy) is 1. The van der Waals surface area contributed by atoms with Crippen LogP contribution in [0, 0.1) is 0 Å². The van der Waals surface area contributed by atoms with Gasteiger partial charge in [0.05, 0.1) is 6.10 Å². The lowest BCUT2D eigenvalue weighted by Crippen LogP contribution is -2.10. The maximum Gasteiger partial charge on any atom is 0.328 e. The predicted octanol–water partition coefficient (Wildman–Crippen LogP) is 2.22. The first-order valence-corrected chi connectivity index (χ1v) is 4.73. The van der Waals surface area contributed by atoms with Crippen LogP contribution in [0.15, 0.2) is 12.2 Å². The van der Waals surface area contributed by atoms with Crippen molar-refractivity contribution in [3.05, 3.63) is 12.2 Å². The van der Waals surface area contributed by atoms with E-state index in [1.54, 1.807) is 6.08 Å². The molecular weight excluding hydrogens is 168 g/mol. The maximum atomic E-state index is 10.2. The monoisotopic (exact) mass is 186 g/mol. The average molecular weight is 186 g/mol. The van der Waals surface area contributed by atoms with Crippen molar-refractivity contribution < 1.29 is 14.6 Å². The number of hydrogen-bond acceptors (Lipinski definition) is 2. The fraction of sp³-hybridized carbons (Fsp3) is 0.700. The van der Waals surface area contributed by atoms with Gasteiger partial charge >= 0.3 is 5.97 Å². The molecule has 0 fully saturated rings. The van der Waals surface area contributed by atoms with Gasteiger partial charge in [0.15, 0.2) is 0 Å². The van der Waals surface area contributed by atoms with Crippen LogP contribution in [0.3, 0.4) is 0 Å². The minimum atomic E-state index is -0.919. The Bertz CT molecular complexity index is 164. The van der Waals surface area contributed by atoms with Crippen molar-refractivity contribution in [2.45, 2.75) is 39.2 Å². The van der Waals surface area contributed by atoms with E-state index in [-0.39, 0.29) is 6.10 Å². The van der Waals surface area contributed by atoms with Gasteiger partial charge in [0.2, 0.25) is 0 Å². The number of carboxylic acids is 1. The Hall–Kier alpha value is -0.830. The quantitative estimate of drug-likeness (QED) is 0.490. The molecular formula is C10H18O3. The molecule has 3 heteroatoms. The predicted molar refractivity (Wildman–Crippen MR) is 51.7 cm³/mol. The summed E-state index contributed by atoms with van der Waals surface area (Å²) in [5, 5.41) is 8.39. The van der Waals surface area contributed by atoms with E-state index in [4.69, 9.17) is 9.84 Å². The van der Waals surface area contributed by atoms with E-state index in [0.29, 0.717) is 6.61 Å². The minimum Gasteiger partial charge on any atom is -0.478 e. The second-order valence-corrected chi connectivity index (χ2v) is 2.87. The summed E-state index contributed by atoms with van der Waals surface area (Å²) in [6.07, 6.45) is 5.62. The standard InChI is InChI=1S/C10H18O3/c1-3-5-8-13-9(4-2)6-7-10(11)12/h6-7,9H,3-5,8H2,1-2H3,(H,11,12). The molecule has 0 spiro atoms. The molecule has 0 aliphatic heterocycles. The normalized spacial score (nSPS) is 13.4. The molecule has 0 aromatic heterocycles. The molecule has 0 amide bonds. The zero-order valence-corrected chi connectivity index (χ0v) is 8.32. The van der Waals surface area contributed by atoms with Gasteiger partial charge in [0, 0.05) is 12.7 Å². The van der Waals surface area contributed by atoms with Gasteiger partial charge in [-0.3, -0.25) is 0 Å². The van der Waals surface area contributed by atoms with Crippen LogP contribution in [-0.2, 0) is 9.53 Å². The maximum absolute atomic E-state index is 10.2. The van der Waals surface area contributed by atoms with Gasteiger partial charge in [-0.25, -0.2) is 4.79 Å². The van der Waals surface area contributed by atoms with E-state index in [1.165, 1.54) is 0 Å². The minimum absolute atomic E-state index is 0.0531. The fourth-order valence-corrected chi connectivity index (χ4v) is 0.878. The van der Waals surface area contributed by atoms with E-state index < -0.39 is 5.97 Å². The van der Waals surface area contributed by atoms with Crippen LogP contribution >= 0.6 is 0 Å². The number of hydrogen-bond donors (Lipinski definition) is 1. The van der Waals surface area contributed by atoms with Gasteiger partial charge in [-0.15, -0.1) is 0 Å². The topological polar surface area (TPSA) is 46.5 Å². The number of aliphatic carboxylic acids is 1. The molecule has 1 atom stereocenters. The summed E-state index contributed by atoms with van der Waals surface area (Å²) >= 11 is 0. The Morgan fingerprint density at radius 1 is 1.54 bits per heavy atom. The van der Waals surface area contributed by atoms with Gasteiger partial charge in [0.1, 0.15) is 0 Å². The lowest BCUT2D eigenvalue weighted by molar-refractivity contribution is -0.131. The molecule has 3 nitrogen and oxygen atoms in total. The Kier molecular flexibility index (Phi) is 7.30. The van der Waals surface area contributed by atoms with E-state index in [0.717, 1.165) is 25.3 Å². The Labute approximate surface area is 79.4 Å². The molecule has 1 N–H and O–H groups in total. The van der Waals surface area contributed by atoms with Crippen molar-refractivity contribution in [2.75, 3.05) is 6.61 Å². The van der Waals surface area contributed by atoms with Crippen LogP contribution in [0.5, 0.6) is 0 Å². The molecule has 0 saturated carbocycles. The summed E-state index contributed by atoms with van der Waals surface area (Å²) in [5.41, 5.74) is 0. The number of rotatable bonds is 7. The summed E-state index contributed by atoms with van der Waals surface area (Å²) in [6.45, 7) is 4.78. The molecule has 0 saturated heterocycles.